The molecule has 1 aliphatic heterocycles. The first-order valence-corrected chi connectivity index (χ1v) is 7.68. The SMILES string of the molecule is CCCNCC1CCCCN1CCCC(C)C. The topological polar surface area (TPSA) is 15.3 Å². The maximum Gasteiger partial charge on any atom is 0.0220 e. The Morgan fingerprint density at radius 1 is 1.29 bits per heavy atom. The molecule has 0 radical (unpaired) electrons. The van der Waals surface area contributed by atoms with Crippen LogP contribution in [0.25, 0.3) is 0 Å². The first-order chi connectivity index (χ1) is 8.24. The molecule has 0 aromatic carbocycles. The minimum Gasteiger partial charge on any atom is -0.315 e. The van der Waals surface area contributed by atoms with Crippen molar-refractivity contribution in [1.29, 1.82) is 0 Å². The van der Waals surface area contributed by atoms with E-state index >= 15 is 0 Å². The molecule has 1 saturated heterocycles. The predicted octanol–water partition coefficient (Wildman–Crippen LogP) is 3.28. The van der Waals surface area contributed by atoms with Crippen molar-refractivity contribution in [2.45, 2.75) is 65.3 Å². The predicted molar refractivity (Wildman–Crippen MR) is 76.4 cm³/mol. The largest absolute Gasteiger partial charge is 0.315 e. The average Bonchev–Trinajstić information content (AvgIpc) is 2.31. The summed E-state index contributed by atoms with van der Waals surface area (Å²) in [5.74, 6) is 0.858. The summed E-state index contributed by atoms with van der Waals surface area (Å²) in [5, 5.41) is 3.59. The highest BCUT2D eigenvalue weighted by molar-refractivity contribution is 4.78. The molecule has 0 aromatic rings. The minimum absolute atomic E-state index is 0.808. The molecule has 102 valence electrons. The van der Waals surface area contributed by atoms with Gasteiger partial charge in [-0.2, -0.15) is 0 Å². The highest BCUT2D eigenvalue weighted by atomic mass is 15.2. The molecule has 1 atom stereocenters. The third kappa shape index (κ3) is 6.42. The minimum atomic E-state index is 0.808. The highest BCUT2D eigenvalue weighted by Crippen LogP contribution is 2.17. The molecule has 1 heterocycles. The van der Waals surface area contributed by atoms with E-state index in [1.807, 2.05) is 0 Å². The van der Waals surface area contributed by atoms with Gasteiger partial charge in [0, 0.05) is 12.6 Å². The molecule has 0 spiro atoms. The standard InChI is InChI=1S/C15H32N2/c1-4-10-16-13-15-9-5-6-11-17(15)12-7-8-14(2)3/h14-16H,4-13H2,1-3H3. The van der Waals surface area contributed by atoms with Gasteiger partial charge in [-0.05, 0) is 57.7 Å². The normalized spacial score (nSPS) is 22.2. The van der Waals surface area contributed by atoms with E-state index in [9.17, 15) is 0 Å². The molecule has 0 saturated carbocycles. The first-order valence-electron chi connectivity index (χ1n) is 7.68. The molecule has 2 nitrogen and oxygen atoms in total. The smallest absolute Gasteiger partial charge is 0.0220 e. The summed E-state index contributed by atoms with van der Waals surface area (Å²) in [6, 6.07) is 0.808. The summed E-state index contributed by atoms with van der Waals surface area (Å²) in [6.07, 6.45) is 8.25. The van der Waals surface area contributed by atoms with Crippen LogP contribution in [0.3, 0.4) is 0 Å². The van der Waals surface area contributed by atoms with E-state index in [4.69, 9.17) is 0 Å². The Morgan fingerprint density at radius 2 is 2.12 bits per heavy atom. The van der Waals surface area contributed by atoms with Crippen molar-refractivity contribution in [2.75, 3.05) is 26.2 Å². The zero-order valence-electron chi connectivity index (χ0n) is 12.2. The third-order valence-electron chi connectivity index (χ3n) is 3.78. The molecular formula is C15H32N2. The number of piperidine rings is 1. The van der Waals surface area contributed by atoms with Gasteiger partial charge in [-0.15, -0.1) is 0 Å². The van der Waals surface area contributed by atoms with Gasteiger partial charge < -0.3 is 5.32 Å². The number of nitrogens with one attached hydrogen (secondary N) is 1. The number of likely N-dealkylation sites (tertiary alicyclic amines) is 1. The van der Waals surface area contributed by atoms with Gasteiger partial charge in [0.05, 0.1) is 0 Å². The van der Waals surface area contributed by atoms with Gasteiger partial charge in [-0.25, -0.2) is 0 Å². The quantitative estimate of drug-likeness (QED) is 0.655. The Hall–Kier alpha value is -0.0800. The Balaban J connectivity index is 2.22. The summed E-state index contributed by atoms with van der Waals surface area (Å²) in [5.41, 5.74) is 0. The van der Waals surface area contributed by atoms with Crippen molar-refractivity contribution in [2.24, 2.45) is 5.92 Å². The van der Waals surface area contributed by atoms with E-state index in [1.165, 1.54) is 64.7 Å². The maximum atomic E-state index is 3.59. The van der Waals surface area contributed by atoms with Gasteiger partial charge in [0.2, 0.25) is 0 Å². The molecule has 0 amide bonds. The summed E-state index contributed by atoms with van der Waals surface area (Å²) in [7, 11) is 0. The van der Waals surface area contributed by atoms with Crippen LogP contribution in [0.15, 0.2) is 0 Å². The van der Waals surface area contributed by atoms with Gasteiger partial charge >= 0.3 is 0 Å². The van der Waals surface area contributed by atoms with Crippen molar-refractivity contribution in [3.05, 3.63) is 0 Å². The van der Waals surface area contributed by atoms with Crippen LogP contribution in [-0.2, 0) is 0 Å². The van der Waals surface area contributed by atoms with Crippen molar-refractivity contribution in [3.8, 4) is 0 Å². The van der Waals surface area contributed by atoms with Crippen LogP contribution >= 0.6 is 0 Å². The van der Waals surface area contributed by atoms with Crippen LogP contribution in [0.1, 0.15) is 59.3 Å². The summed E-state index contributed by atoms with van der Waals surface area (Å²) in [6.45, 7) is 11.9. The van der Waals surface area contributed by atoms with Crippen LogP contribution in [0, 0.1) is 5.92 Å². The van der Waals surface area contributed by atoms with Crippen LogP contribution in [-0.4, -0.2) is 37.1 Å². The molecule has 0 aliphatic carbocycles. The van der Waals surface area contributed by atoms with Crippen molar-refractivity contribution >= 4 is 0 Å². The fourth-order valence-corrected chi connectivity index (χ4v) is 2.73. The fraction of sp³-hybridized carbons (Fsp3) is 1.00. The molecular weight excluding hydrogens is 208 g/mol. The van der Waals surface area contributed by atoms with E-state index in [2.05, 4.69) is 31.0 Å². The van der Waals surface area contributed by atoms with Crippen molar-refractivity contribution in [3.63, 3.8) is 0 Å². The molecule has 1 aliphatic rings. The highest BCUT2D eigenvalue weighted by Gasteiger charge is 2.21. The monoisotopic (exact) mass is 240 g/mol. The zero-order chi connectivity index (χ0) is 12.5. The fourth-order valence-electron chi connectivity index (χ4n) is 2.73. The van der Waals surface area contributed by atoms with Gasteiger partial charge in [-0.3, -0.25) is 4.90 Å². The molecule has 1 rings (SSSR count). The Bertz CT molecular complexity index is 180. The molecule has 0 bridgehead atoms. The Kier molecular flexibility index (Phi) is 7.87. The van der Waals surface area contributed by atoms with E-state index in [-0.39, 0.29) is 0 Å². The van der Waals surface area contributed by atoms with Crippen molar-refractivity contribution < 1.29 is 0 Å². The number of rotatable bonds is 8. The molecule has 1 fully saturated rings. The van der Waals surface area contributed by atoms with E-state index in [0.29, 0.717) is 0 Å². The molecule has 0 aromatic heterocycles. The van der Waals surface area contributed by atoms with E-state index in [1.54, 1.807) is 0 Å². The van der Waals surface area contributed by atoms with Crippen LogP contribution < -0.4 is 5.32 Å². The number of nitrogens with zero attached hydrogens (tertiary/aromatic N) is 1. The third-order valence-corrected chi connectivity index (χ3v) is 3.78. The summed E-state index contributed by atoms with van der Waals surface area (Å²) < 4.78 is 0. The van der Waals surface area contributed by atoms with Crippen molar-refractivity contribution in [1.82, 2.24) is 10.2 Å². The maximum absolute atomic E-state index is 3.59. The number of hydrogen-bond donors (Lipinski definition) is 1. The van der Waals surface area contributed by atoms with Crippen LogP contribution in [0.4, 0.5) is 0 Å². The second kappa shape index (κ2) is 8.93. The molecule has 2 heteroatoms. The van der Waals surface area contributed by atoms with Crippen LogP contribution in [0.2, 0.25) is 0 Å². The second-order valence-corrected chi connectivity index (χ2v) is 5.93. The van der Waals surface area contributed by atoms with Gasteiger partial charge in [-0.1, -0.05) is 27.2 Å². The zero-order valence-corrected chi connectivity index (χ0v) is 12.2. The van der Waals surface area contributed by atoms with Gasteiger partial charge in [0.15, 0.2) is 0 Å². The molecule has 1 N–H and O–H groups in total. The second-order valence-electron chi connectivity index (χ2n) is 5.93. The first kappa shape index (κ1) is 15.0. The Labute approximate surface area is 108 Å². The van der Waals surface area contributed by atoms with Gasteiger partial charge in [0.25, 0.3) is 0 Å². The summed E-state index contributed by atoms with van der Waals surface area (Å²) >= 11 is 0. The van der Waals surface area contributed by atoms with Crippen LogP contribution in [0.5, 0.6) is 0 Å². The molecule has 1 unspecified atom stereocenters. The van der Waals surface area contributed by atoms with Gasteiger partial charge in [0.1, 0.15) is 0 Å². The van der Waals surface area contributed by atoms with E-state index < -0.39 is 0 Å². The average molecular weight is 240 g/mol. The summed E-state index contributed by atoms with van der Waals surface area (Å²) in [4.78, 5) is 2.73. The lowest BCUT2D eigenvalue weighted by atomic mass is 10.0. The lowest BCUT2D eigenvalue weighted by Crippen LogP contribution is -2.46. The lowest BCUT2D eigenvalue weighted by Gasteiger charge is -2.36. The van der Waals surface area contributed by atoms with E-state index in [0.717, 1.165) is 12.0 Å². The number of hydrogen-bond acceptors (Lipinski definition) is 2. The molecule has 17 heavy (non-hydrogen) atoms. The lowest BCUT2D eigenvalue weighted by molar-refractivity contribution is 0.141. The Morgan fingerprint density at radius 3 is 2.82 bits per heavy atom.